The Labute approximate surface area is 188 Å². The summed E-state index contributed by atoms with van der Waals surface area (Å²) in [6.45, 7) is 5.61. The first-order valence-electron chi connectivity index (χ1n) is 10.3. The molecule has 0 radical (unpaired) electrons. The molecule has 1 aromatic carbocycles. The van der Waals surface area contributed by atoms with Crippen LogP contribution in [0.4, 0.5) is 17.5 Å². The smallest absolute Gasteiger partial charge is 0.246 e. The lowest BCUT2D eigenvalue weighted by Gasteiger charge is -2.34. The Morgan fingerprint density at radius 2 is 1.62 bits per heavy atom. The number of anilines is 3. The highest BCUT2D eigenvalue weighted by atomic mass is 32.2. The van der Waals surface area contributed by atoms with E-state index in [1.165, 1.54) is 17.7 Å². The number of nitrogens with zero attached hydrogens (tertiary/aromatic N) is 5. The van der Waals surface area contributed by atoms with Gasteiger partial charge >= 0.3 is 0 Å². The van der Waals surface area contributed by atoms with Crippen LogP contribution in [-0.4, -0.2) is 61.0 Å². The van der Waals surface area contributed by atoms with Crippen LogP contribution < -0.4 is 15.0 Å². The number of aromatic nitrogens is 3. The number of sulfonamides is 1. The average Bonchev–Trinajstić information content (AvgIpc) is 2.79. The Balaban J connectivity index is 1.47. The summed E-state index contributed by atoms with van der Waals surface area (Å²) in [4.78, 5) is 15.2. The van der Waals surface area contributed by atoms with E-state index in [0.717, 1.165) is 16.9 Å². The number of hydrogen-bond acceptors (Lipinski definition) is 8. The predicted octanol–water partition coefficient (Wildman–Crippen LogP) is 2.75. The minimum Gasteiger partial charge on any atom is -0.495 e. The Kier molecular flexibility index (Phi) is 6.24. The summed E-state index contributed by atoms with van der Waals surface area (Å²) >= 11 is 0. The summed E-state index contributed by atoms with van der Waals surface area (Å²) < 4.78 is 33.3. The number of methoxy groups -OCH3 is 1. The average molecular weight is 455 g/mol. The monoisotopic (exact) mass is 454 g/mol. The van der Waals surface area contributed by atoms with Gasteiger partial charge in [0.2, 0.25) is 10.0 Å². The van der Waals surface area contributed by atoms with Crippen LogP contribution in [0.15, 0.2) is 53.8 Å². The fourth-order valence-corrected chi connectivity index (χ4v) is 5.27. The second kappa shape index (κ2) is 9.09. The quantitative estimate of drug-likeness (QED) is 0.607. The van der Waals surface area contributed by atoms with Crippen molar-refractivity contribution in [2.24, 2.45) is 0 Å². The van der Waals surface area contributed by atoms with E-state index in [4.69, 9.17) is 4.74 Å². The molecule has 1 fully saturated rings. The Morgan fingerprint density at radius 3 is 2.34 bits per heavy atom. The largest absolute Gasteiger partial charge is 0.495 e. The van der Waals surface area contributed by atoms with Crippen molar-refractivity contribution in [3.05, 3.63) is 60.0 Å². The minimum absolute atomic E-state index is 0.202. The van der Waals surface area contributed by atoms with Crippen LogP contribution in [-0.2, 0) is 10.0 Å². The van der Waals surface area contributed by atoms with Gasteiger partial charge in [-0.2, -0.15) is 4.31 Å². The summed E-state index contributed by atoms with van der Waals surface area (Å²) in [6.07, 6.45) is 3.23. The molecular formula is C22H26N6O3S. The molecule has 1 aliphatic heterocycles. The lowest BCUT2D eigenvalue weighted by Crippen LogP contribution is -2.49. The molecule has 0 atom stereocenters. The van der Waals surface area contributed by atoms with Crippen LogP contribution in [0, 0.1) is 13.8 Å². The number of benzene rings is 1. The van der Waals surface area contributed by atoms with Crippen molar-refractivity contribution >= 4 is 27.5 Å². The van der Waals surface area contributed by atoms with E-state index >= 15 is 0 Å². The van der Waals surface area contributed by atoms with E-state index in [2.05, 4.69) is 25.2 Å². The Bertz CT molecular complexity index is 1210. The Hall–Kier alpha value is -3.24. The topological polar surface area (TPSA) is 101 Å². The highest BCUT2D eigenvalue weighted by molar-refractivity contribution is 7.89. The van der Waals surface area contributed by atoms with Crippen molar-refractivity contribution in [3.8, 4) is 5.75 Å². The van der Waals surface area contributed by atoms with Gasteiger partial charge in [0.05, 0.1) is 7.11 Å². The zero-order chi connectivity index (χ0) is 22.7. The number of aryl methyl sites for hydroxylation is 2. The van der Waals surface area contributed by atoms with E-state index < -0.39 is 10.0 Å². The zero-order valence-corrected chi connectivity index (χ0v) is 19.1. The maximum absolute atomic E-state index is 13.2. The summed E-state index contributed by atoms with van der Waals surface area (Å²) in [5.74, 6) is 2.43. The molecule has 168 valence electrons. The first-order valence-corrected chi connectivity index (χ1v) is 11.7. The molecule has 1 N–H and O–H groups in total. The maximum Gasteiger partial charge on any atom is 0.246 e. The highest BCUT2D eigenvalue weighted by Crippen LogP contribution is 2.29. The summed E-state index contributed by atoms with van der Waals surface area (Å²) in [7, 11) is -2.18. The van der Waals surface area contributed by atoms with Gasteiger partial charge in [-0.15, -0.1) is 0 Å². The van der Waals surface area contributed by atoms with Gasteiger partial charge in [0, 0.05) is 38.4 Å². The number of rotatable bonds is 6. The molecule has 3 aromatic rings. The van der Waals surface area contributed by atoms with Gasteiger partial charge < -0.3 is 15.0 Å². The molecule has 0 spiro atoms. The first-order chi connectivity index (χ1) is 15.4. The van der Waals surface area contributed by atoms with Crippen molar-refractivity contribution in [2.75, 3.05) is 43.5 Å². The van der Waals surface area contributed by atoms with Gasteiger partial charge in [-0.25, -0.2) is 23.4 Å². The van der Waals surface area contributed by atoms with E-state index in [9.17, 15) is 8.42 Å². The molecule has 3 heterocycles. The van der Waals surface area contributed by atoms with Crippen molar-refractivity contribution in [2.45, 2.75) is 18.7 Å². The summed E-state index contributed by atoms with van der Waals surface area (Å²) in [5, 5.41) is 3.19. The van der Waals surface area contributed by atoms with Crippen molar-refractivity contribution in [1.82, 2.24) is 19.3 Å². The molecule has 10 heteroatoms. The number of nitrogens with one attached hydrogen (secondary N) is 1. The Morgan fingerprint density at radius 1 is 0.906 bits per heavy atom. The maximum atomic E-state index is 13.2. The number of pyridine rings is 1. The van der Waals surface area contributed by atoms with E-state index in [0.29, 0.717) is 43.6 Å². The number of ether oxygens (including phenoxy) is 1. The molecule has 0 unspecified atom stereocenters. The molecule has 4 rings (SSSR count). The van der Waals surface area contributed by atoms with Gasteiger partial charge in [-0.1, -0.05) is 6.07 Å². The minimum atomic E-state index is -3.66. The van der Waals surface area contributed by atoms with Gasteiger partial charge in [-0.3, -0.25) is 0 Å². The first kappa shape index (κ1) is 22.0. The standard InChI is InChI=1S/C22H26N6O3S/c1-16-4-5-18(31-3)19(12-16)32(29,30)28-10-8-27(9-11-28)22-14-21(24-15-25-22)26-20-13-17(2)6-7-23-20/h4-7,12-15H,8-11H2,1-3H3,(H,23,24,25,26). The molecule has 0 saturated carbocycles. The molecular weight excluding hydrogens is 428 g/mol. The fourth-order valence-electron chi connectivity index (χ4n) is 3.61. The van der Waals surface area contributed by atoms with Gasteiger partial charge in [0.25, 0.3) is 0 Å². The van der Waals surface area contributed by atoms with Crippen LogP contribution in [0.25, 0.3) is 0 Å². The van der Waals surface area contributed by atoms with E-state index in [1.54, 1.807) is 18.3 Å². The molecule has 1 saturated heterocycles. The molecule has 1 aliphatic rings. The normalized spacial score (nSPS) is 14.9. The number of hydrogen-bond donors (Lipinski definition) is 1. The SMILES string of the molecule is COc1ccc(C)cc1S(=O)(=O)N1CCN(c2cc(Nc3cc(C)ccn3)ncn2)CC1. The van der Waals surface area contributed by atoms with Crippen LogP contribution in [0.3, 0.4) is 0 Å². The van der Waals surface area contributed by atoms with Crippen molar-refractivity contribution in [3.63, 3.8) is 0 Å². The molecule has 9 nitrogen and oxygen atoms in total. The molecule has 0 aliphatic carbocycles. The lowest BCUT2D eigenvalue weighted by molar-refractivity contribution is 0.373. The second-order valence-corrected chi connectivity index (χ2v) is 9.56. The zero-order valence-electron chi connectivity index (χ0n) is 18.3. The second-order valence-electron chi connectivity index (χ2n) is 7.65. The third kappa shape index (κ3) is 4.66. The van der Waals surface area contributed by atoms with Crippen molar-refractivity contribution in [1.29, 1.82) is 0 Å². The van der Waals surface area contributed by atoms with Crippen LogP contribution in [0.1, 0.15) is 11.1 Å². The molecule has 0 amide bonds. The highest BCUT2D eigenvalue weighted by Gasteiger charge is 2.31. The third-order valence-corrected chi connectivity index (χ3v) is 7.24. The van der Waals surface area contributed by atoms with E-state index in [1.807, 2.05) is 38.1 Å². The van der Waals surface area contributed by atoms with E-state index in [-0.39, 0.29) is 4.90 Å². The van der Waals surface area contributed by atoms with Crippen LogP contribution in [0.5, 0.6) is 5.75 Å². The fraction of sp³-hybridized carbons (Fsp3) is 0.318. The predicted molar refractivity (Wildman–Crippen MR) is 123 cm³/mol. The molecule has 2 aromatic heterocycles. The van der Waals surface area contributed by atoms with Gasteiger partial charge in [0.15, 0.2) is 0 Å². The third-order valence-electron chi connectivity index (χ3n) is 5.32. The van der Waals surface area contributed by atoms with Crippen LogP contribution in [0.2, 0.25) is 0 Å². The van der Waals surface area contributed by atoms with Crippen molar-refractivity contribution < 1.29 is 13.2 Å². The molecule has 32 heavy (non-hydrogen) atoms. The molecule has 0 bridgehead atoms. The van der Waals surface area contributed by atoms with Gasteiger partial charge in [-0.05, 0) is 49.2 Å². The number of piperazine rings is 1. The van der Waals surface area contributed by atoms with Crippen LogP contribution >= 0.6 is 0 Å². The van der Waals surface area contributed by atoms with Gasteiger partial charge in [0.1, 0.15) is 34.4 Å². The lowest BCUT2D eigenvalue weighted by atomic mass is 10.2. The summed E-state index contributed by atoms with van der Waals surface area (Å²) in [5.41, 5.74) is 1.96. The summed E-state index contributed by atoms with van der Waals surface area (Å²) in [6, 6.07) is 10.9.